The van der Waals surface area contributed by atoms with E-state index in [0.717, 1.165) is 34.5 Å². The molecule has 0 atom stereocenters. The van der Waals surface area contributed by atoms with Crippen molar-refractivity contribution in [3.8, 4) is 5.75 Å². The van der Waals surface area contributed by atoms with E-state index in [4.69, 9.17) is 9.73 Å². The second-order valence-corrected chi connectivity index (χ2v) is 12.5. The number of carbonyl (C=O) groups is 1. The first kappa shape index (κ1) is 27.9. The second kappa shape index (κ2) is 10.9. The van der Waals surface area contributed by atoms with Gasteiger partial charge < -0.3 is 14.6 Å². The lowest BCUT2D eigenvalue weighted by atomic mass is 9.87. The minimum Gasteiger partial charge on any atom is -0.497 e. The third kappa shape index (κ3) is 5.13. The van der Waals surface area contributed by atoms with Crippen LogP contribution in [0.25, 0.3) is 22.6 Å². The van der Waals surface area contributed by atoms with E-state index >= 15 is 0 Å². The number of aromatic nitrogens is 1. The van der Waals surface area contributed by atoms with Gasteiger partial charge in [0.05, 0.1) is 23.2 Å². The Morgan fingerprint density at radius 2 is 1.83 bits per heavy atom. The smallest absolute Gasteiger partial charge is 0.266 e. The fourth-order valence-electron chi connectivity index (χ4n) is 5.74. The maximum atomic E-state index is 13.9. The first-order valence-electron chi connectivity index (χ1n) is 14.2. The van der Waals surface area contributed by atoms with Crippen LogP contribution in [0.15, 0.2) is 82.8 Å². The van der Waals surface area contributed by atoms with Gasteiger partial charge in [0.1, 0.15) is 5.75 Å². The molecular formula is C35H36N4O2S. The standard InChI is InChI=1S/C35H36N4O2S/c1-22-17-31-29(23(2)20-35(3,4)38(31)5)18-25(22)19-32-33(40)39(16-15-24-21-36-30-10-8-7-9-28(24)30)34(42-32)37-26-11-13-27(41-6)14-12-26/h7-14,17-21,36H,15-16H2,1-6H3/b32-19+,37-34?. The molecule has 3 aromatic carbocycles. The van der Waals surface area contributed by atoms with E-state index in [1.165, 1.54) is 39.5 Å². The second-order valence-electron chi connectivity index (χ2n) is 11.5. The van der Waals surface area contributed by atoms with Gasteiger partial charge in [-0.05, 0) is 117 Å². The number of benzene rings is 3. The molecule has 3 heterocycles. The lowest BCUT2D eigenvalue weighted by Crippen LogP contribution is -2.42. The number of ether oxygens (including phenoxy) is 1. The van der Waals surface area contributed by atoms with Crippen molar-refractivity contribution >= 4 is 56.8 Å². The number of amides is 1. The number of aliphatic imine (C=N–C) groups is 1. The number of thioether (sulfide) groups is 1. The molecule has 0 spiro atoms. The Hall–Kier alpha value is -4.23. The number of nitrogens with zero attached hydrogens (tertiary/aromatic N) is 3. The maximum absolute atomic E-state index is 13.9. The van der Waals surface area contributed by atoms with Gasteiger partial charge in [0.15, 0.2) is 5.17 Å². The predicted octanol–water partition coefficient (Wildman–Crippen LogP) is 7.96. The van der Waals surface area contributed by atoms with Crippen LogP contribution in [-0.4, -0.2) is 47.2 Å². The average molecular weight is 577 g/mol. The number of amidine groups is 1. The van der Waals surface area contributed by atoms with Crippen molar-refractivity contribution in [1.82, 2.24) is 9.88 Å². The van der Waals surface area contributed by atoms with Crippen LogP contribution in [0.3, 0.4) is 0 Å². The summed E-state index contributed by atoms with van der Waals surface area (Å²) in [6.07, 6.45) is 7.10. The third-order valence-corrected chi connectivity index (χ3v) is 9.36. The number of fused-ring (bicyclic) bond motifs is 2. The van der Waals surface area contributed by atoms with Crippen molar-refractivity contribution in [3.63, 3.8) is 0 Å². The van der Waals surface area contributed by atoms with Gasteiger partial charge >= 0.3 is 0 Å². The van der Waals surface area contributed by atoms with Gasteiger partial charge in [-0.15, -0.1) is 0 Å². The number of hydrogen-bond donors (Lipinski definition) is 1. The van der Waals surface area contributed by atoms with Gasteiger partial charge in [0.25, 0.3) is 5.91 Å². The number of allylic oxidation sites excluding steroid dienone is 1. The van der Waals surface area contributed by atoms with Gasteiger partial charge in [-0.2, -0.15) is 0 Å². The maximum Gasteiger partial charge on any atom is 0.266 e. The van der Waals surface area contributed by atoms with Crippen LogP contribution in [-0.2, 0) is 11.2 Å². The van der Waals surface area contributed by atoms with Gasteiger partial charge in [-0.3, -0.25) is 9.69 Å². The Morgan fingerprint density at radius 1 is 1.07 bits per heavy atom. The van der Waals surface area contributed by atoms with Crippen LogP contribution in [0.4, 0.5) is 11.4 Å². The predicted molar refractivity (Wildman–Crippen MR) is 177 cm³/mol. The first-order chi connectivity index (χ1) is 20.1. The van der Waals surface area contributed by atoms with Crippen LogP contribution in [0.2, 0.25) is 0 Å². The molecule has 1 saturated heterocycles. The highest BCUT2D eigenvalue weighted by Crippen LogP contribution is 2.41. The molecule has 7 heteroatoms. The lowest BCUT2D eigenvalue weighted by molar-refractivity contribution is -0.122. The summed E-state index contributed by atoms with van der Waals surface area (Å²) in [7, 11) is 3.79. The molecule has 2 aliphatic rings. The van der Waals surface area contributed by atoms with Crippen molar-refractivity contribution in [1.29, 1.82) is 0 Å². The zero-order valence-corrected chi connectivity index (χ0v) is 25.8. The molecule has 2 aliphatic heterocycles. The summed E-state index contributed by atoms with van der Waals surface area (Å²) in [6.45, 7) is 9.28. The molecule has 42 heavy (non-hydrogen) atoms. The summed E-state index contributed by atoms with van der Waals surface area (Å²) < 4.78 is 5.31. The summed E-state index contributed by atoms with van der Waals surface area (Å²) in [5.74, 6) is 0.752. The Balaban J connectivity index is 1.35. The number of rotatable bonds is 6. The molecule has 0 aliphatic carbocycles. The van der Waals surface area contributed by atoms with E-state index in [1.54, 1.807) is 7.11 Å². The zero-order chi connectivity index (χ0) is 29.6. The SMILES string of the molecule is COc1ccc(N=C2S/C(=C/c3cc4c(cc3C)N(C)C(C)(C)C=C4C)C(=O)N2CCc2c[nH]c3ccccc23)cc1. The number of aryl methyl sites for hydroxylation is 1. The molecule has 0 unspecified atom stereocenters. The Kier molecular flexibility index (Phi) is 7.23. The topological polar surface area (TPSA) is 60.9 Å². The largest absolute Gasteiger partial charge is 0.497 e. The minimum absolute atomic E-state index is 0.0188. The van der Waals surface area contributed by atoms with Crippen molar-refractivity contribution in [2.75, 3.05) is 25.6 Å². The molecule has 1 aromatic heterocycles. The van der Waals surface area contributed by atoms with Crippen molar-refractivity contribution < 1.29 is 9.53 Å². The monoisotopic (exact) mass is 576 g/mol. The molecule has 0 bridgehead atoms. The van der Waals surface area contributed by atoms with Crippen LogP contribution >= 0.6 is 11.8 Å². The van der Waals surface area contributed by atoms with Crippen LogP contribution in [0.1, 0.15) is 43.0 Å². The minimum atomic E-state index is -0.0567. The fourth-order valence-corrected chi connectivity index (χ4v) is 6.76. The molecule has 0 saturated carbocycles. The third-order valence-electron chi connectivity index (χ3n) is 8.36. The molecule has 1 amide bonds. The molecule has 1 N–H and O–H groups in total. The fraction of sp³-hybridized carbons (Fsp3) is 0.257. The van der Waals surface area contributed by atoms with E-state index in [2.05, 4.69) is 75.0 Å². The molecule has 214 valence electrons. The Bertz CT molecular complexity index is 1780. The number of H-pyrrole nitrogens is 1. The molecule has 0 radical (unpaired) electrons. The average Bonchev–Trinajstić information content (AvgIpc) is 3.51. The normalized spacial score (nSPS) is 18.2. The summed E-state index contributed by atoms with van der Waals surface area (Å²) >= 11 is 1.44. The number of methoxy groups -OCH3 is 1. The van der Waals surface area contributed by atoms with Gasteiger partial charge in [0, 0.05) is 41.9 Å². The van der Waals surface area contributed by atoms with Gasteiger partial charge in [0.2, 0.25) is 0 Å². The molecule has 1 fully saturated rings. The van der Waals surface area contributed by atoms with Crippen LogP contribution in [0, 0.1) is 6.92 Å². The van der Waals surface area contributed by atoms with Crippen molar-refractivity contribution in [2.45, 2.75) is 39.7 Å². The molecule has 6 nitrogen and oxygen atoms in total. The molecule has 4 aromatic rings. The lowest BCUT2D eigenvalue weighted by Gasteiger charge is -2.41. The van der Waals surface area contributed by atoms with E-state index in [-0.39, 0.29) is 11.4 Å². The molecule has 6 rings (SSSR count). The number of hydrogen-bond acceptors (Lipinski definition) is 5. The highest BCUT2D eigenvalue weighted by molar-refractivity contribution is 8.18. The summed E-state index contributed by atoms with van der Waals surface area (Å²) in [6, 6.07) is 20.3. The van der Waals surface area contributed by atoms with E-state index in [9.17, 15) is 4.79 Å². The van der Waals surface area contributed by atoms with Crippen LogP contribution < -0.4 is 9.64 Å². The highest BCUT2D eigenvalue weighted by atomic mass is 32.2. The molecular weight excluding hydrogens is 540 g/mol. The number of anilines is 1. The van der Waals surface area contributed by atoms with E-state index in [0.29, 0.717) is 16.6 Å². The first-order valence-corrected chi connectivity index (χ1v) is 15.0. The van der Waals surface area contributed by atoms with Gasteiger partial charge in [-0.25, -0.2) is 4.99 Å². The summed E-state index contributed by atoms with van der Waals surface area (Å²) in [4.78, 5) is 27.0. The highest BCUT2D eigenvalue weighted by Gasteiger charge is 2.34. The number of likely N-dealkylation sites (N-methyl/N-ethyl adjacent to an activating group) is 1. The quantitative estimate of drug-likeness (QED) is 0.237. The van der Waals surface area contributed by atoms with Crippen molar-refractivity contribution in [2.24, 2.45) is 4.99 Å². The zero-order valence-electron chi connectivity index (χ0n) is 25.0. The van der Waals surface area contributed by atoms with E-state index < -0.39 is 0 Å². The van der Waals surface area contributed by atoms with E-state index in [1.807, 2.05) is 53.6 Å². The summed E-state index contributed by atoms with van der Waals surface area (Å²) in [5, 5.41) is 1.87. The number of carbonyl (C=O) groups excluding carboxylic acids is 1. The Morgan fingerprint density at radius 3 is 2.60 bits per heavy atom. The van der Waals surface area contributed by atoms with Crippen LogP contribution in [0.5, 0.6) is 5.75 Å². The Labute approximate surface area is 251 Å². The number of aromatic amines is 1. The van der Waals surface area contributed by atoms with Crippen molar-refractivity contribution in [3.05, 3.63) is 100 Å². The summed E-state index contributed by atoms with van der Waals surface area (Å²) in [5.41, 5.74) is 8.86. The van der Waals surface area contributed by atoms with Gasteiger partial charge in [-0.1, -0.05) is 24.3 Å². The number of para-hydroxylation sites is 1. The number of nitrogens with one attached hydrogen (secondary N) is 1.